The molecule has 0 bridgehead atoms. The number of hydrogen-bond donors (Lipinski definition) is 1. The molecule has 0 atom stereocenters. The molecule has 36 heavy (non-hydrogen) atoms. The van der Waals surface area contributed by atoms with Gasteiger partial charge in [0.25, 0.3) is 5.91 Å². The number of benzene rings is 3. The molecule has 1 N–H and O–H groups in total. The maximum atomic E-state index is 13.3. The Morgan fingerprint density at radius 1 is 0.861 bits per heavy atom. The average Bonchev–Trinajstić information content (AvgIpc) is 3.18. The average molecular weight is 490 g/mol. The summed E-state index contributed by atoms with van der Waals surface area (Å²) in [4.78, 5) is 17.6. The number of nitrogens with zero attached hydrogens (tertiary/aromatic N) is 2. The van der Waals surface area contributed by atoms with Crippen LogP contribution in [0.3, 0.4) is 0 Å². The van der Waals surface area contributed by atoms with Crippen LogP contribution in [-0.2, 0) is 19.9 Å². The zero-order valence-corrected chi connectivity index (χ0v) is 20.7. The minimum atomic E-state index is -0.400. The predicted molar refractivity (Wildman–Crippen MR) is 136 cm³/mol. The van der Waals surface area contributed by atoms with E-state index < -0.39 is 5.82 Å². The normalized spacial score (nSPS) is 10.7. The Bertz CT molecular complexity index is 1350. The summed E-state index contributed by atoms with van der Waals surface area (Å²) in [5.74, 6) is 1.70. The molecule has 0 aliphatic carbocycles. The van der Waals surface area contributed by atoms with Crippen molar-refractivity contribution in [1.29, 1.82) is 0 Å². The van der Waals surface area contributed by atoms with E-state index in [1.807, 2.05) is 54.1 Å². The quantitative estimate of drug-likeness (QED) is 0.357. The third-order valence-corrected chi connectivity index (χ3v) is 5.98. The van der Waals surface area contributed by atoms with Crippen molar-refractivity contribution < 1.29 is 23.4 Å². The van der Waals surface area contributed by atoms with Crippen LogP contribution >= 0.6 is 0 Å². The molecule has 0 saturated carbocycles. The highest BCUT2D eigenvalue weighted by atomic mass is 19.1. The molecule has 0 spiro atoms. The predicted octanol–water partition coefficient (Wildman–Crippen LogP) is 5.02. The number of rotatable bonds is 9. The second kappa shape index (κ2) is 10.9. The van der Waals surface area contributed by atoms with Gasteiger partial charge in [0.2, 0.25) is 5.95 Å². The van der Waals surface area contributed by atoms with Crippen molar-refractivity contribution in [1.82, 2.24) is 9.55 Å². The van der Waals surface area contributed by atoms with Gasteiger partial charge in [0.15, 0.2) is 11.5 Å². The second-order valence-corrected chi connectivity index (χ2v) is 8.24. The van der Waals surface area contributed by atoms with Gasteiger partial charge in [-0.15, -0.1) is 0 Å². The van der Waals surface area contributed by atoms with E-state index in [2.05, 4.69) is 5.32 Å². The summed E-state index contributed by atoms with van der Waals surface area (Å²) in [5, 5.41) is 2.86. The van der Waals surface area contributed by atoms with Crippen LogP contribution in [0.2, 0.25) is 0 Å². The number of amides is 1. The monoisotopic (exact) mass is 489 g/mol. The molecular weight excluding hydrogens is 461 g/mol. The zero-order valence-electron chi connectivity index (χ0n) is 20.7. The zero-order chi connectivity index (χ0) is 25.7. The minimum Gasteiger partial charge on any atom is -0.497 e. The van der Waals surface area contributed by atoms with Gasteiger partial charge in [0.05, 0.1) is 27.0 Å². The lowest BCUT2D eigenvalue weighted by atomic mass is 10.0. The maximum absolute atomic E-state index is 13.3. The van der Waals surface area contributed by atoms with Gasteiger partial charge in [-0.3, -0.25) is 10.1 Å². The van der Waals surface area contributed by atoms with Gasteiger partial charge in [-0.05, 0) is 59.7 Å². The Kier molecular flexibility index (Phi) is 7.53. The molecule has 4 aromatic rings. The fourth-order valence-corrected chi connectivity index (χ4v) is 3.96. The van der Waals surface area contributed by atoms with Crippen LogP contribution in [0.1, 0.15) is 32.9 Å². The molecule has 4 rings (SSSR count). The first-order valence-corrected chi connectivity index (χ1v) is 11.4. The van der Waals surface area contributed by atoms with Gasteiger partial charge >= 0.3 is 0 Å². The summed E-state index contributed by atoms with van der Waals surface area (Å²) < 4.78 is 31.3. The van der Waals surface area contributed by atoms with Gasteiger partial charge in [-0.2, -0.15) is 0 Å². The molecule has 0 fully saturated rings. The van der Waals surface area contributed by atoms with Crippen molar-refractivity contribution in [2.45, 2.75) is 12.8 Å². The SMILES string of the molecule is COc1ccc(Cc2nc(NC(=O)c3ccc(F)cc3)n(C)c2Cc2ccc(OC)c(OC)c2)cc1. The Morgan fingerprint density at radius 3 is 2.17 bits per heavy atom. The Hall–Kier alpha value is -4.33. The number of halogens is 1. The summed E-state index contributed by atoms with van der Waals surface area (Å²) in [6.07, 6.45) is 1.12. The van der Waals surface area contributed by atoms with Gasteiger partial charge in [0.1, 0.15) is 11.6 Å². The summed E-state index contributed by atoms with van der Waals surface area (Å²) in [6, 6.07) is 19.0. The van der Waals surface area contributed by atoms with E-state index in [4.69, 9.17) is 19.2 Å². The smallest absolute Gasteiger partial charge is 0.257 e. The van der Waals surface area contributed by atoms with Crippen molar-refractivity contribution in [2.75, 3.05) is 26.6 Å². The van der Waals surface area contributed by atoms with Crippen molar-refractivity contribution in [3.8, 4) is 17.2 Å². The minimum absolute atomic E-state index is 0.345. The van der Waals surface area contributed by atoms with E-state index in [1.54, 1.807) is 21.3 Å². The van der Waals surface area contributed by atoms with Crippen LogP contribution < -0.4 is 19.5 Å². The largest absolute Gasteiger partial charge is 0.497 e. The third-order valence-electron chi connectivity index (χ3n) is 5.98. The number of carbonyl (C=O) groups is 1. The van der Waals surface area contributed by atoms with Crippen LogP contribution in [0.25, 0.3) is 0 Å². The molecule has 8 heteroatoms. The van der Waals surface area contributed by atoms with Crippen molar-refractivity contribution in [2.24, 2.45) is 7.05 Å². The molecule has 0 aliphatic heterocycles. The van der Waals surface area contributed by atoms with Gasteiger partial charge in [-0.25, -0.2) is 9.37 Å². The maximum Gasteiger partial charge on any atom is 0.257 e. The molecule has 1 heterocycles. The number of methoxy groups -OCH3 is 3. The van der Waals surface area contributed by atoms with E-state index >= 15 is 0 Å². The summed E-state index contributed by atoms with van der Waals surface area (Å²) >= 11 is 0. The van der Waals surface area contributed by atoms with Crippen molar-refractivity contribution in [3.05, 3.63) is 101 Å². The summed E-state index contributed by atoms with van der Waals surface area (Å²) in [5.41, 5.74) is 4.17. The number of aromatic nitrogens is 2. The molecule has 1 aromatic heterocycles. The molecule has 0 saturated heterocycles. The standard InChI is InChI=1S/C28H28FN3O4/c1-32-24(16-19-7-14-25(35-3)26(17-19)36-4)23(15-18-5-12-22(34-2)13-6-18)30-28(32)31-27(33)20-8-10-21(29)11-9-20/h5-14,17H,15-16H2,1-4H3,(H,30,31,33). The number of nitrogens with one attached hydrogen (secondary N) is 1. The lowest BCUT2D eigenvalue weighted by molar-refractivity contribution is 0.102. The topological polar surface area (TPSA) is 74.6 Å². The van der Waals surface area contributed by atoms with E-state index in [0.717, 1.165) is 28.3 Å². The highest BCUT2D eigenvalue weighted by Gasteiger charge is 2.19. The molecule has 7 nitrogen and oxygen atoms in total. The summed E-state index contributed by atoms with van der Waals surface area (Å²) in [7, 11) is 6.69. The van der Waals surface area contributed by atoms with Gasteiger partial charge in [-0.1, -0.05) is 18.2 Å². The molecule has 0 unspecified atom stereocenters. The van der Waals surface area contributed by atoms with E-state index in [9.17, 15) is 9.18 Å². The van der Waals surface area contributed by atoms with Crippen molar-refractivity contribution in [3.63, 3.8) is 0 Å². The first-order chi connectivity index (χ1) is 17.4. The number of ether oxygens (including phenoxy) is 3. The highest BCUT2D eigenvalue weighted by Crippen LogP contribution is 2.30. The summed E-state index contributed by atoms with van der Waals surface area (Å²) in [6.45, 7) is 0. The second-order valence-electron chi connectivity index (χ2n) is 8.24. The molecule has 1 amide bonds. The Balaban J connectivity index is 1.68. The molecule has 0 aliphatic rings. The number of hydrogen-bond acceptors (Lipinski definition) is 5. The van der Waals surface area contributed by atoms with E-state index in [-0.39, 0.29) is 5.91 Å². The lowest BCUT2D eigenvalue weighted by Crippen LogP contribution is -2.15. The number of imidazole rings is 1. The Labute approximate surface area is 209 Å². The van der Waals surface area contributed by atoms with Crippen LogP contribution in [0.5, 0.6) is 17.2 Å². The Morgan fingerprint density at radius 2 is 1.53 bits per heavy atom. The van der Waals surface area contributed by atoms with Gasteiger partial charge < -0.3 is 18.8 Å². The lowest BCUT2D eigenvalue weighted by Gasteiger charge is -2.12. The molecule has 3 aromatic carbocycles. The first-order valence-electron chi connectivity index (χ1n) is 11.4. The molecule has 0 radical (unpaired) electrons. The molecule has 186 valence electrons. The van der Waals surface area contributed by atoms with E-state index in [1.165, 1.54) is 24.3 Å². The number of carbonyl (C=O) groups excluding carboxylic acids is 1. The van der Waals surface area contributed by atoms with Crippen LogP contribution in [-0.4, -0.2) is 36.8 Å². The van der Waals surface area contributed by atoms with Crippen LogP contribution in [0.15, 0.2) is 66.7 Å². The fourth-order valence-electron chi connectivity index (χ4n) is 3.96. The number of anilines is 1. The van der Waals surface area contributed by atoms with E-state index in [0.29, 0.717) is 35.9 Å². The van der Waals surface area contributed by atoms with Crippen molar-refractivity contribution >= 4 is 11.9 Å². The fraction of sp³-hybridized carbons (Fsp3) is 0.214. The third kappa shape index (κ3) is 5.49. The molecular formula is C28H28FN3O4. The first kappa shape index (κ1) is 24.8. The highest BCUT2D eigenvalue weighted by molar-refractivity contribution is 6.03. The van der Waals surface area contributed by atoms with Crippen LogP contribution in [0.4, 0.5) is 10.3 Å². The van der Waals surface area contributed by atoms with Crippen LogP contribution in [0, 0.1) is 5.82 Å². The van der Waals surface area contributed by atoms with Gasteiger partial charge in [0, 0.05) is 31.1 Å².